The zero-order valence-corrected chi connectivity index (χ0v) is 21.7. The van der Waals surface area contributed by atoms with Crippen LogP contribution in [0.1, 0.15) is 70.8 Å². The molecule has 4 rings (SSSR count). The van der Waals surface area contributed by atoms with E-state index in [-0.39, 0.29) is 0 Å². The number of hydrogen-bond donors (Lipinski definition) is 0. The molecule has 2 heterocycles. The van der Waals surface area contributed by atoms with Crippen molar-refractivity contribution in [2.75, 3.05) is 75.9 Å². The summed E-state index contributed by atoms with van der Waals surface area (Å²) >= 11 is 0. The Morgan fingerprint density at radius 2 is 1.61 bits per heavy atom. The lowest BCUT2D eigenvalue weighted by molar-refractivity contribution is 0.0459. The third-order valence-electron chi connectivity index (χ3n) is 8.32. The zero-order valence-electron chi connectivity index (χ0n) is 21.7. The lowest BCUT2D eigenvalue weighted by Crippen LogP contribution is -2.47. The second-order valence-electron chi connectivity index (χ2n) is 11.1. The molecule has 0 amide bonds. The molecule has 0 N–H and O–H groups in total. The molecule has 2 aliphatic heterocycles. The number of benzene rings is 1. The second-order valence-corrected chi connectivity index (χ2v) is 11.1. The molecule has 1 aliphatic carbocycles. The summed E-state index contributed by atoms with van der Waals surface area (Å²) in [4.78, 5) is 7.79. The number of piperazine rings is 1. The number of methoxy groups -OCH3 is 1. The van der Waals surface area contributed by atoms with Gasteiger partial charge in [-0.05, 0) is 80.5 Å². The van der Waals surface area contributed by atoms with Crippen molar-refractivity contribution in [1.82, 2.24) is 4.90 Å². The summed E-state index contributed by atoms with van der Waals surface area (Å²) < 4.78 is 11.2. The molecule has 1 aromatic rings. The summed E-state index contributed by atoms with van der Waals surface area (Å²) in [7, 11) is 1.80. The molecule has 5 nitrogen and oxygen atoms in total. The summed E-state index contributed by atoms with van der Waals surface area (Å²) in [5.74, 6) is 0.695. The van der Waals surface area contributed by atoms with E-state index in [2.05, 4.69) is 53.7 Å². The first kappa shape index (κ1) is 24.8. The Kier molecular flexibility index (Phi) is 8.59. The van der Waals surface area contributed by atoms with E-state index in [4.69, 9.17) is 9.47 Å². The lowest BCUT2D eigenvalue weighted by Gasteiger charge is -2.40. The Hall–Kier alpha value is -1.30. The van der Waals surface area contributed by atoms with Gasteiger partial charge in [-0.15, -0.1) is 0 Å². The highest BCUT2D eigenvalue weighted by Crippen LogP contribution is 2.46. The predicted octanol–water partition coefficient (Wildman–Crippen LogP) is 5.14. The fourth-order valence-electron chi connectivity index (χ4n) is 6.01. The summed E-state index contributed by atoms with van der Waals surface area (Å²) in [5, 5.41) is 0. The molecule has 0 aromatic heterocycles. The van der Waals surface area contributed by atoms with Gasteiger partial charge in [0.05, 0.1) is 12.7 Å². The fraction of sp³-hybridized carbons (Fsp3) is 0.786. The van der Waals surface area contributed by atoms with Gasteiger partial charge in [0.2, 0.25) is 0 Å². The molecule has 0 radical (unpaired) electrons. The number of nitrogens with zero attached hydrogens (tertiary/aromatic N) is 3. The van der Waals surface area contributed by atoms with Crippen LogP contribution in [0.25, 0.3) is 0 Å². The van der Waals surface area contributed by atoms with Gasteiger partial charge in [0.15, 0.2) is 0 Å². The maximum atomic E-state index is 5.89. The van der Waals surface area contributed by atoms with Crippen molar-refractivity contribution >= 4 is 11.4 Å². The second kappa shape index (κ2) is 11.4. The highest BCUT2D eigenvalue weighted by molar-refractivity contribution is 5.63. The van der Waals surface area contributed by atoms with E-state index < -0.39 is 0 Å². The average Bonchev–Trinajstić information content (AvgIpc) is 2.83. The Morgan fingerprint density at radius 3 is 2.24 bits per heavy atom. The zero-order chi connectivity index (χ0) is 23.3. The van der Waals surface area contributed by atoms with Gasteiger partial charge in [-0.2, -0.15) is 0 Å². The number of hydrogen-bond acceptors (Lipinski definition) is 5. The molecule has 186 valence electrons. The Bertz CT molecular complexity index is 727. The van der Waals surface area contributed by atoms with Crippen LogP contribution in [0.2, 0.25) is 0 Å². The topological polar surface area (TPSA) is 28.2 Å². The van der Waals surface area contributed by atoms with Crippen LogP contribution in [0.15, 0.2) is 18.2 Å². The molecular weight excluding hydrogens is 410 g/mol. The van der Waals surface area contributed by atoms with Crippen LogP contribution in [0.5, 0.6) is 0 Å². The molecule has 0 atom stereocenters. The van der Waals surface area contributed by atoms with Crippen LogP contribution in [-0.4, -0.2) is 77.1 Å². The van der Waals surface area contributed by atoms with Crippen LogP contribution in [0, 0.1) is 5.41 Å². The number of piperidine rings is 1. The van der Waals surface area contributed by atoms with Crippen LogP contribution in [0.4, 0.5) is 11.4 Å². The predicted molar refractivity (Wildman–Crippen MR) is 139 cm³/mol. The molecule has 3 aliphatic rings. The van der Waals surface area contributed by atoms with Crippen molar-refractivity contribution in [3.8, 4) is 0 Å². The van der Waals surface area contributed by atoms with Crippen molar-refractivity contribution in [3.05, 3.63) is 23.8 Å². The normalized spacial score (nSPS) is 23.3. The minimum atomic E-state index is 0.444. The van der Waals surface area contributed by atoms with Gasteiger partial charge in [-0.3, -0.25) is 4.90 Å². The van der Waals surface area contributed by atoms with Gasteiger partial charge < -0.3 is 19.3 Å². The quantitative estimate of drug-likeness (QED) is 0.539. The molecular formula is C28H47N3O2. The SMILES string of the molecule is CCOC1CCN(c2ccc(N3CCN(CCOC)CC3)c(C3CCC(C)(C)CC3)c2)CC1. The third kappa shape index (κ3) is 6.43. The number of anilines is 2. The molecule has 0 unspecified atom stereocenters. The smallest absolute Gasteiger partial charge is 0.0608 e. The average molecular weight is 458 g/mol. The summed E-state index contributed by atoms with van der Waals surface area (Å²) in [6.45, 7) is 16.4. The molecule has 0 bridgehead atoms. The van der Waals surface area contributed by atoms with Crippen molar-refractivity contribution in [1.29, 1.82) is 0 Å². The van der Waals surface area contributed by atoms with Crippen molar-refractivity contribution in [2.24, 2.45) is 5.41 Å². The van der Waals surface area contributed by atoms with E-state index >= 15 is 0 Å². The van der Waals surface area contributed by atoms with Gasteiger partial charge in [0.25, 0.3) is 0 Å². The monoisotopic (exact) mass is 457 g/mol. The fourth-order valence-corrected chi connectivity index (χ4v) is 6.01. The molecule has 33 heavy (non-hydrogen) atoms. The summed E-state index contributed by atoms with van der Waals surface area (Å²) in [6.07, 6.45) is 8.06. The van der Waals surface area contributed by atoms with E-state index in [0.717, 1.165) is 71.9 Å². The van der Waals surface area contributed by atoms with E-state index in [9.17, 15) is 0 Å². The van der Waals surface area contributed by atoms with Crippen LogP contribution in [0.3, 0.4) is 0 Å². The van der Waals surface area contributed by atoms with E-state index in [1.54, 1.807) is 12.7 Å². The van der Waals surface area contributed by atoms with Crippen molar-refractivity contribution < 1.29 is 9.47 Å². The molecule has 2 saturated heterocycles. The third-order valence-corrected chi connectivity index (χ3v) is 8.32. The number of rotatable bonds is 8. The maximum Gasteiger partial charge on any atom is 0.0608 e. The van der Waals surface area contributed by atoms with Crippen LogP contribution < -0.4 is 9.80 Å². The molecule has 1 saturated carbocycles. The van der Waals surface area contributed by atoms with Gasteiger partial charge in [-0.25, -0.2) is 0 Å². The van der Waals surface area contributed by atoms with Crippen molar-refractivity contribution in [2.45, 2.75) is 71.3 Å². The first-order valence-electron chi connectivity index (χ1n) is 13.5. The Balaban J connectivity index is 1.50. The van der Waals surface area contributed by atoms with Gasteiger partial charge in [0, 0.05) is 70.9 Å². The van der Waals surface area contributed by atoms with E-state index in [0.29, 0.717) is 17.4 Å². The Morgan fingerprint density at radius 1 is 0.909 bits per heavy atom. The van der Waals surface area contributed by atoms with Gasteiger partial charge >= 0.3 is 0 Å². The Labute approximate surface area is 202 Å². The molecule has 3 fully saturated rings. The standard InChI is InChI=1S/C28H47N3O2/c1-5-33-25-10-14-30(15-11-25)24-6-7-27(31-18-16-29(17-19-31)20-21-32-4)26(22-24)23-8-12-28(2,3)13-9-23/h6-7,22-23,25H,5,8-21H2,1-4H3. The molecule has 0 spiro atoms. The summed E-state index contributed by atoms with van der Waals surface area (Å²) in [6, 6.07) is 7.41. The van der Waals surface area contributed by atoms with Crippen molar-refractivity contribution in [3.63, 3.8) is 0 Å². The minimum Gasteiger partial charge on any atom is -0.383 e. The lowest BCUT2D eigenvalue weighted by atomic mass is 9.71. The molecule has 5 heteroatoms. The highest BCUT2D eigenvalue weighted by Gasteiger charge is 2.31. The maximum absolute atomic E-state index is 5.89. The summed E-state index contributed by atoms with van der Waals surface area (Å²) in [5.41, 5.74) is 5.04. The van der Waals surface area contributed by atoms with E-state index in [1.165, 1.54) is 37.1 Å². The van der Waals surface area contributed by atoms with Gasteiger partial charge in [0.1, 0.15) is 0 Å². The van der Waals surface area contributed by atoms with Gasteiger partial charge in [-0.1, -0.05) is 13.8 Å². The molecule has 1 aromatic carbocycles. The van der Waals surface area contributed by atoms with Crippen LogP contribution >= 0.6 is 0 Å². The first-order valence-corrected chi connectivity index (χ1v) is 13.5. The largest absolute Gasteiger partial charge is 0.383 e. The first-order chi connectivity index (χ1) is 16.0. The minimum absolute atomic E-state index is 0.444. The van der Waals surface area contributed by atoms with E-state index in [1.807, 2.05) is 0 Å². The number of ether oxygens (including phenoxy) is 2. The van der Waals surface area contributed by atoms with Crippen LogP contribution in [-0.2, 0) is 9.47 Å². The highest BCUT2D eigenvalue weighted by atomic mass is 16.5.